The molecule has 1 atom stereocenters. The summed E-state index contributed by atoms with van der Waals surface area (Å²) in [4.78, 5) is 18.0. The number of fused-ring (bicyclic) bond motifs is 1. The van der Waals surface area contributed by atoms with Crippen molar-refractivity contribution >= 4 is 5.91 Å². The highest BCUT2D eigenvalue weighted by molar-refractivity contribution is 5.94. The lowest BCUT2D eigenvalue weighted by Gasteiger charge is -2.46. The van der Waals surface area contributed by atoms with Crippen LogP contribution in [0, 0.1) is 0 Å². The summed E-state index contributed by atoms with van der Waals surface area (Å²) in [7, 11) is 1.65. The molecular weight excluding hydrogens is 490 g/mol. The van der Waals surface area contributed by atoms with Crippen molar-refractivity contribution in [1.82, 2.24) is 9.80 Å². The van der Waals surface area contributed by atoms with Crippen molar-refractivity contribution in [1.29, 1.82) is 0 Å². The van der Waals surface area contributed by atoms with Crippen molar-refractivity contribution in [2.75, 3.05) is 40.0 Å². The minimum Gasteiger partial charge on any atom is -0.488 e. The van der Waals surface area contributed by atoms with Gasteiger partial charge in [0.25, 0.3) is 5.91 Å². The quantitative estimate of drug-likeness (QED) is 0.451. The van der Waals surface area contributed by atoms with Crippen LogP contribution in [0.2, 0.25) is 0 Å². The third-order valence-corrected chi connectivity index (χ3v) is 7.11. The van der Waals surface area contributed by atoms with Gasteiger partial charge < -0.3 is 29.7 Å². The van der Waals surface area contributed by atoms with Crippen LogP contribution < -0.4 is 5.73 Å². The van der Waals surface area contributed by atoms with E-state index in [1.165, 1.54) is 0 Å². The molecule has 5 rings (SSSR count). The van der Waals surface area contributed by atoms with Gasteiger partial charge in [-0.3, -0.25) is 4.79 Å². The first-order valence-electron chi connectivity index (χ1n) is 13.3. The summed E-state index contributed by atoms with van der Waals surface area (Å²) in [5.41, 5.74) is 10.7. The summed E-state index contributed by atoms with van der Waals surface area (Å²) in [6.45, 7) is 2.11. The van der Waals surface area contributed by atoms with Gasteiger partial charge in [0, 0.05) is 32.3 Å². The number of carbonyl (C=O) groups is 1. The van der Waals surface area contributed by atoms with Crippen LogP contribution in [0.4, 0.5) is 0 Å². The van der Waals surface area contributed by atoms with Crippen LogP contribution in [0.5, 0.6) is 0 Å². The van der Waals surface area contributed by atoms with Gasteiger partial charge in [0.15, 0.2) is 5.76 Å². The molecule has 7 heteroatoms. The van der Waals surface area contributed by atoms with Gasteiger partial charge in [-0.2, -0.15) is 0 Å². The van der Waals surface area contributed by atoms with Crippen LogP contribution in [-0.2, 0) is 25.6 Å². The van der Waals surface area contributed by atoms with Crippen LogP contribution in [0.25, 0.3) is 0 Å². The summed E-state index contributed by atoms with van der Waals surface area (Å²) in [5.74, 6) is 0.334. The lowest BCUT2D eigenvalue weighted by Crippen LogP contribution is -2.56. The molecule has 2 heterocycles. The smallest absolute Gasteiger partial charge is 0.274 e. The van der Waals surface area contributed by atoms with E-state index in [-0.39, 0.29) is 31.1 Å². The molecule has 0 radical (unpaired) electrons. The molecule has 0 unspecified atom stereocenters. The highest BCUT2D eigenvalue weighted by Crippen LogP contribution is 2.38. The zero-order valence-electron chi connectivity index (χ0n) is 22.2. The molecule has 2 N–H and O–H groups in total. The Kier molecular flexibility index (Phi) is 8.61. The number of piperazine rings is 1. The average Bonchev–Trinajstić information content (AvgIpc) is 2.96. The molecule has 2 aliphatic heterocycles. The van der Waals surface area contributed by atoms with Gasteiger partial charge in [-0.1, -0.05) is 91.0 Å². The van der Waals surface area contributed by atoms with Crippen molar-refractivity contribution in [2.24, 2.45) is 5.73 Å². The number of methoxy groups -OCH3 is 1. The van der Waals surface area contributed by atoms with Crippen LogP contribution in [0.15, 0.2) is 114 Å². The average molecular weight is 526 g/mol. The fourth-order valence-electron chi connectivity index (χ4n) is 5.26. The monoisotopic (exact) mass is 525 g/mol. The van der Waals surface area contributed by atoms with Gasteiger partial charge >= 0.3 is 0 Å². The van der Waals surface area contributed by atoms with E-state index in [4.69, 9.17) is 19.9 Å². The minimum atomic E-state index is -0.147. The molecule has 0 aromatic heterocycles. The van der Waals surface area contributed by atoms with Crippen LogP contribution in [0.1, 0.15) is 22.6 Å². The largest absolute Gasteiger partial charge is 0.488 e. The third kappa shape index (κ3) is 6.16. The summed E-state index contributed by atoms with van der Waals surface area (Å²) >= 11 is 0. The van der Waals surface area contributed by atoms with Gasteiger partial charge in [0.05, 0.1) is 25.0 Å². The third-order valence-electron chi connectivity index (χ3n) is 7.11. The van der Waals surface area contributed by atoms with Crippen LogP contribution in [-0.4, -0.2) is 61.8 Å². The molecule has 0 spiro atoms. The van der Waals surface area contributed by atoms with E-state index in [1.54, 1.807) is 7.11 Å². The maximum atomic E-state index is 14.1. The highest BCUT2D eigenvalue weighted by Gasteiger charge is 2.42. The van der Waals surface area contributed by atoms with E-state index in [9.17, 15) is 4.79 Å². The van der Waals surface area contributed by atoms with Crippen molar-refractivity contribution in [3.8, 4) is 0 Å². The molecule has 7 nitrogen and oxygen atoms in total. The molecule has 1 amide bonds. The standard InChI is InChI=1S/C32H35N3O4/c1-37-18-17-34-20-28(30(25-13-7-3-8-14-25)26-15-9-4-10-16-26)35-19-27(33)22-38-23-29(31(35)32(34)36)39-21-24-11-5-2-6-12-24/h2-16,19,28,30H,17-18,20-23,33H2,1H3/b27-19+,31-29+/t28-/m1/s1. The Bertz CT molecular complexity index is 1260. The van der Waals surface area contributed by atoms with Crippen molar-refractivity contribution in [3.63, 3.8) is 0 Å². The molecule has 1 fully saturated rings. The van der Waals surface area contributed by atoms with E-state index in [2.05, 4.69) is 48.5 Å². The zero-order valence-corrected chi connectivity index (χ0v) is 22.2. The number of nitrogens with two attached hydrogens (primary N) is 1. The van der Waals surface area contributed by atoms with Gasteiger partial charge in [-0.25, -0.2) is 0 Å². The number of hydrogen-bond donors (Lipinski definition) is 1. The molecule has 3 aromatic carbocycles. The van der Waals surface area contributed by atoms with Crippen LogP contribution >= 0.6 is 0 Å². The number of nitrogens with zero attached hydrogens (tertiary/aromatic N) is 2. The molecule has 2 aliphatic rings. The van der Waals surface area contributed by atoms with Crippen molar-refractivity contribution in [3.05, 3.63) is 131 Å². The Balaban J connectivity index is 1.64. The molecule has 1 saturated heterocycles. The van der Waals surface area contributed by atoms with Gasteiger partial charge in [-0.15, -0.1) is 0 Å². The molecular formula is C32H35N3O4. The minimum absolute atomic E-state index is 0.0414. The van der Waals surface area contributed by atoms with Crippen molar-refractivity contribution in [2.45, 2.75) is 18.6 Å². The first-order chi connectivity index (χ1) is 19.2. The molecule has 0 saturated carbocycles. The van der Waals surface area contributed by atoms with E-state index in [0.717, 1.165) is 16.7 Å². The van der Waals surface area contributed by atoms with E-state index in [1.807, 2.05) is 58.5 Å². The second-order valence-corrected chi connectivity index (χ2v) is 9.76. The maximum absolute atomic E-state index is 14.1. The number of hydrogen-bond acceptors (Lipinski definition) is 6. The lowest BCUT2D eigenvalue weighted by molar-refractivity contribution is -0.134. The predicted molar refractivity (Wildman–Crippen MR) is 150 cm³/mol. The van der Waals surface area contributed by atoms with Crippen LogP contribution in [0.3, 0.4) is 0 Å². The van der Waals surface area contributed by atoms with E-state index in [0.29, 0.717) is 43.5 Å². The molecule has 0 bridgehead atoms. The number of ether oxygens (including phenoxy) is 3. The Morgan fingerprint density at radius 1 is 0.923 bits per heavy atom. The van der Waals surface area contributed by atoms with Gasteiger partial charge in [-0.05, 0) is 16.7 Å². The summed E-state index contributed by atoms with van der Waals surface area (Å²) in [5, 5.41) is 0. The molecule has 202 valence electrons. The molecule has 39 heavy (non-hydrogen) atoms. The summed E-state index contributed by atoms with van der Waals surface area (Å²) in [6, 6.07) is 30.6. The first kappa shape index (κ1) is 26.5. The van der Waals surface area contributed by atoms with E-state index >= 15 is 0 Å². The normalized spacial score (nSPS) is 21.1. The number of benzene rings is 3. The fraction of sp³-hybridized carbons (Fsp3) is 0.281. The number of rotatable bonds is 9. The number of carbonyl (C=O) groups excluding carboxylic acids is 1. The lowest BCUT2D eigenvalue weighted by atomic mass is 9.82. The Hall–Kier alpha value is -4.07. The maximum Gasteiger partial charge on any atom is 0.274 e. The second-order valence-electron chi connectivity index (χ2n) is 9.76. The van der Waals surface area contributed by atoms with Crippen molar-refractivity contribution < 1.29 is 19.0 Å². The fourth-order valence-corrected chi connectivity index (χ4v) is 5.26. The Labute approximate surface area is 230 Å². The van der Waals surface area contributed by atoms with E-state index < -0.39 is 0 Å². The number of amides is 1. The first-order valence-corrected chi connectivity index (χ1v) is 13.3. The van der Waals surface area contributed by atoms with Gasteiger partial charge in [0.2, 0.25) is 0 Å². The molecule has 3 aromatic rings. The second kappa shape index (κ2) is 12.7. The Morgan fingerprint density at radius 3 is 2.15 bits per heavy atom. The zero-order chi connectivity index (χ0) is 27.0. The topological polar surface area (TPSA) is 77.3 Å². The van der Waals surface area contributed by atoms with Gasteiger partial charge in [0.1, 0.15) is 18.9 Å². The highest BCUT2D eigenvalue weighted by atomic mass is 16.5. The molecule has 0 aliphatic carbocycles. The summed E-state index contributed by atoms with van der Waals surface area (Å²) in [6.07, 6.45) is 1.86. The summed E-state index contributed by atoms with van der Waals surface area (Å²) < 4.78 is 17.6. The SMILES string of the molecule is COCCN1C[C@H](C(c2ccccc2)c2ccccc2)N2/C=C(/N)COC/C(OCc3ccccc3)=C\2C1=O. The Morgan fingerprint density at radius 2 is 1.54 bits per heavy atom. The predicted octanol–water partition coefficient (Wildman–Crippen LogP) is 4.24.